The molecule has 1 unspecified atom stereocenters. The Morgan fingerprint density at radius 3 is 2.67 bits per heavy atom. The summed E-state index contributed by atoms with van der Waals surface area (Å²) in [6.45, 7) is 6.62. The van der Waals surface area contributed by atoms with E-state index in [0.717, 1.165) is 26.1 Å². The number of aliphatic hydroxyl groups is 1. The first-order valence-corrected chi connectivity index (χ1v) is 12.6. The topological polar surface area (TPSA) is 99.5 Å². The number of nitrogens with zero attached hydrogens (tertiary/aromatic N) is 2. The molecule has 2 saturated heterocycles. The predicted molar refractivity (Wildman–Crippen MR) is 136 cm³/mol. The molecule has 2 aliphatic rings. The monoisotopic (exact) mass is 514 g/mol. The van der Waals surface area contributed by atoms with Crippen LogP contribution < -0.4 is 4.74 Å². The van der Waals surface area contributed by atoms with Crippen LogP contribution in [0.15, 0.2) is 48.0 Å². The first-order chi connectivity index (χ1) is 17.4. The first kappa shape index (κ1) is 26.0. The summed E-state index contributed by atoms with van der Waals surface area (Å²) in [5.74, 6) is -1.59. The van der Waals surface area contributed by atoms with Crippen molar-refractivity contribution in [3.8, 4) is 11.5 Å². The number of hydrogen-bond acceptors (Lipinski definition) is 7. The molecule has 4 rings (SSSR count). The van der Waals surface area contributed by atoms with Crippen molar-refractivity contribution >= 4 is 29.1 Å². The average molecular weight is 515 g/mol. The summed E-state index contributed by atoms with van der Waals surface area (Å²) in [4.78, 5) is 30.2. The average Bonchev–Trinajstić information content (AvgIpc) is 3.14. The Labute approximate surface area is 215 Å². The Morgan fingerprint density at radius 2 is 1.92 bits per heavy atom. The number of halogens is 1. The number of benzene rings is 2. The molecular weight excluding hydrogens is 484 g/mol. The number of likely N-dealkylation sites (tertiary alicyclic amines) is 1. The van der Waals surface area contributed by atoms with E-state index >= 15 is 0 Å². The van der Waals surface area contributed by atoms with Gasteiger partial charge in [0.1, 0.15) is 17.3 Å². The maximum atomic E-state index is 13.3. The number of hydrogen-bond donors (Lipinski definition) is 2. The lowest BCUT2D eigenvalue weighted by Gasteiger charge is -2.29. The quantitative estimate of drug-likeness (QED) is 0.296. The van der Waals surface area contributed by atoms with Gasteiger partial charge in [0.15, 0.2) is 0 Å². The number of aliphatic hydroxyl groups excluding tert-OH is 1. The van der Waals surface area contributed by atoms with Gasteiger partial charge in [0.25, 0.3) is 11.7 Å². The third-order valence-corrected chi connectivity index (χ3v) is 6.61. The van der Waals surface area contributed by atoms with Crippen molar-refractivity contribution in [3.05, 3.63) is 64.2 Å². The highest BCUT2D eigenvalue weighted by atomic mass is 35.5. The van der Waals surface area contributed by atoms with Gasteiger partial charge in [0.2, 0.25) is 0 Å². The van der Waals surface area contributed by atoms with E-state index in [0.29, 0.717) is 44.1 Å². The minimum atomic E-state index is -0.835. The molecule has 2 aromatic rings. The van der Waals surface area contributed by atoms with Crippen molar-refractivity contribution in [1.82, 2.24) is 9.80 Å². The lowest BCUT2D eigenvalue weighted by molar-refractivity contribution is -0.140. The van der Waals surface area contributed by atoms with E-state index < -0.39 is 23.5 Å². The summed E-state index contributed by atoms with van der Waals surface area (Å²) in [7, 11) is 0. The highest BCUT2D eigenvalue weighted by molar-refractivity contribution is 6.46. The number of amides is 1. The molecule has 0 spiro atoms. The second kappa shape index (κ2) is 11.8. The fraction of sp³-hybridized carbons (Fsp3) is 0.407. The Balaban J connectivity index is 1.71. The number of Topliss-reactive ketones (excluding diaryl/α,β-unsaturated/α-hetero) is 1. The third-order valence-electron chi connectivity index (χ3n) is 6.38. The van der Waals surface area contributed by atoms with Crippen molar-refractivity contribution in [2.45, 2.75) is 25.8 Å². The largest absolute Gasteiger partial charge is 0.507 e. The Kier molecular flexibility index (Phi) is 8.51. The number of aromatic hydroxyl groups is 1. The summed E-state index contributed by atoms with van der Waals surface area (Å²) in [5, 5.41) is 21.9. The van der Waals surface area contributed by atoms with Gasteiger partial charge in [-0.1, -0.05) is 30.7 Å². The number of morpholine rings is 1. The lowest BCUT2D eigenvalue weighted by atomic mass is 9.94. The summed E-state index contributed by atoms with van der Waals surface area (Å²) < 4.78 is 11.2. The van der Waals surface area contributed by atoms with Gasteiger partial charge in [0, 0.05) is 31.2 Å². The summed E-state index contributed by atoms with van der Waals surface area (Å²) in [6, 6.07) is 10.5. The van der Waals surface area contributed by atoms with Gasteiger partial charge in [-0.15, -0.1) is 0 Å². The van der Waals surface area contributed by atoms with Crippen LogP contribution in [0.5, 0.6) is 11.5 Å². The molecule has 2 heterocycles. The van der Waals surface area contributed by atoms with Crippen LogP contribution in [0.4, 0.5) is 0 Å². The van der Waals surface area contributed by atoms with Crippen LogP contribution in [0.2, 0.25) is 5.02 Å². The maximum Gasteiger partial charge on any atom is 0.295 e. The molecule has 36 heavy (non-hydrogen) atoms. The number of ether oxygens (including phenoxy) is 2. The molecule has 2 aromatic carbocycles. The van der Waals surface area contributed by atoms with Crippen LogP contribution in [0.1, 0.15) is 36.9 Å². The zero-order valence-electron chi connectivity index (χ0n) is 20.3. The molecule has 2 aliphatic heterocycles. The van der Waals surface area contributed by atoms with Crippen LogP contribution >= 0.6 is 11.6 Å². The van der Waals surface area contributed by atoms with E-state index in [1.165, 1.54) is 23.1 Å². The zero-order chi connectivity index (χ0) is 25.7. The van der Waals surface area contributed by atoms with Crippen LogP contribution in [0, 0.1) is 0 Å². The number of ketones is 1. The molecule has 8 nitrogen and oxygen atoms in total. The second-order valence-electron chi connectivity index (χ2n) is 8.88. The Hall–Kier alpha value is -3.07. The summed E-state index contributed by atoms with van der Waals surface area (Å²) >= 11 is 6.09. The van der Waals surface area contributed by atoms with Gasteiger partial charge < -0.3 is 24.6 Å². The minimum Gasteiger partial charge on any atom is -0.507 e. The molecule has 9 heteroatoms. The van der Waals surface area contributed by atoms with Gasteiger partial charge in [-0.3, -0.25) is 14.5 Å². The van der Waals surface area contributed by atoms with Crippen LogP contribution in [-0.2, 0) is 14.3 Å². The fourth-order valence-electron chi connectivity index (χ4n) is 4.58. The fourth-order valence-corrected chi connectivity index (χ4v) is 4.76. The van der Waals surface area contributed by atoms with Gasteiger partial charge >= 0.3 is 0 Å². The molecule has 1 atom stereocenters. The smallest absolute Gasteiger partial charge is 0.295 e. The van der Waals surface area contributed by atoms with E-state index in [-0.39, 0.29) is 21.9 Å². The number of carbonyl (C=O) groups excluding carboxylic acids is 2. The molecule has 0 saturated carbocycles. The standard InChI is InChI=1S/C27H31ClN2O6/c1-2-13-36-20-6-3-5-18(16-20)24-23(25(32)21-17-19(28)7-8-22(21)31)26(33)27(34)30(24)10-4-9-29-11-14-35-15-12-29/h3,5-8,16-17,24,31-32H,2,4,9-15H2,1H3. The van der Waals surface area contributed by atoms with E-state index in [1.807, 2.05) is 13.0 Å². The van der Waals surface area contributed by atoms with Crippen molar-refractivity contribution < 1.29 is 29.3 Å². The maximum absolute atomic E-state index is 13.3. The molecule has 0 aromatic heterocycles. The normalized spacial score (nSPS) is 20.2. The van der Waals surface area contributed by atoms with E-state index in [9.17, 15) is 19.8 Å². The predicted octanol–water partition coefficient (Wildman–Crippen LogP) is 3.98. The number of carbonyl (C=O) groups is 2. The third kappa shape index (κ3) is 5.67. The molecule has 0 aliphatic carbocycles. The van der Waals surface area contributed by atoms with Crippen molar-refractivity contribution in [1.29, 1.82) is 0 Å². The molecule has 192 valence electrons. The second-order valence-corrected chi connectivity index (χ2v) is 9.32. The minimum absolute atomic E-state index is 0.00259. The Bertz CT molecular complexity index is 1140. The number of rotatable bonds is 9. The van der Waals surface area contributed by atoms with E-state index in [2.05, 4.69) is 4.90 Å². The van der Waals surface area contributed by atoms with Crippen molar-refractivity contribution in [3.63, 3.8) is 0 Å². The van der Waals surface area contributed by atoms with Crippen molar-refractivity contribution in [2.75, 3.05) is 46.0 Å². The summed E-state index contributed by atoms with van der Waals surface area (Å²) in [5.41, 5.74) is 0.547. The van der Waals surface area contributed by atoms with Crippen LogP contribution in [-0.4, -0.2) is 77.7 Å². The molecule has 2 N–H and O–H groups in total. The molecule has 1 amide bonds. The Morgan fingerprint density at radius 1 is 1.14 bits per heavy atom. The van der Waals surface area contributed by atoms with Gasteiger partial charge in [-0.2, -0.15) is 0 Å². The van der Waals surface area contributed by atoms with Crippen LogP contribution in [0.25, 0.3) is 5.76 Å². The van der Waals surface area contributed by atoms with E-state index in [1.54, 1.807) is 18.2 Å². The highest BCUT2D eigenvalue weighted by Crippen LogP contribution is 2.42. The lowest BCUT2D eigenvalue weighted by Crippen LogP contribution is -2.38. The molecular formula is C27H31ClN2O6. The SMILES string of the molecule is CCCOc1cccc(C2C(=C(O)c3cc(Cl)ccc3O)C(=O)C(=O)N2CCCN2CCOCC2)c1. The van der Waals surface area contributed by atoms with Crippen molar-refractivity contribution in [2.24, 2.45) is 0 Å². The first-order valence-electron chi connectivity index (χ1n) is 12.2. The number of phenolic OH excluding ortho intramolecular Hbond substituents is 1. The van der Waals surface area contributed by atoms with Gasteiger partial charge in [-0.05, 0) is 48.7 Å². The summed E-state index contributed by atoms with van der Waals surface area (Å²) in [6.07, 6.45) is 1.48. The van der Waals surface area contributed by atoms with Gasteiger partial charge in [-0.25, -0.2) is 0 Å². The van der Waals surface area contributed by atoms with Crippen LogP contribution in [0.3, 0.4) is 0 Å². The highest BCUT2D eigenvalue weighted by Gasteiger charge is 2.46. The van der Waals surface area contributed by atoms with Gasteiger partial charge in [0.05, 0.1) is 37.0 Å². The van der Waals surface area contributed by atoms with E-state index in [4.69, 9.17) is 21.1 Å². The molecule has 2 fully saturated rings. The zero-order valence-corrected chi connectivity index (χ0v) is 21.0. The molecule has 0 radical (unpaired) electrons. The number of phenols is 1. The molecule has 0 bridgehead atoms.